The molecule has 2 aromatic rings. The van der Waals surface area contributed by atoms with E-state index in [0.29, 0.717) is 13.2 Å². The van der Waals surface area contributed by atoms with Crippen molar-refractivity contribution in [2.45, 2.75) is 25.9 Å². The number of nitrogens with one attached hydrogen (secondary N) is 2. The summed E-state index contributed by atoms with van der Waals surface area (Å²) >= 11 is 0. The van der Waals surface area contributed by atoms with Crippen LogP contribution in [0.25, 0.3) is 0 Å². The van der Waals surface area contributed by atoms with Gasteiger partial charge in [-0.2, -0.15) is 0 Å². The standard InChI is InChI=1S/C21H26N2O2/c24-21(19-9-5-12-22-15-19)23-20-10-4-8-18(14-20)16-25-13-11-17-6-2-1-3-7-17/h1-4,6-8,10,14,19,22H,5,9,11-13,15-16H2,(H,23,24). The number of benzene rings is 2. The zero-order valence-electron chi connectivity index (χ0n) is 14.5. The first kappa shape index (κ1) is 17.6. The Kier molecular flexibility index (Phi) is 6.60. The van der Waals surface area contributed by atoms with Gasteiger partial charge in [0.25, 0.3) is 0 Å². The third-order valence-corrected chi connectivity index (χ3v) is 4.51. The highest BCUT2D eigenvalue weighted by atomic mass is 16.5. The lowest BCUT2D eigenvalue weighted by atomic mass is 9.99. The predicted octanol–water partition coefficient (Wildman–Crippen LogP) is 3.38. The van der Waals surface area contributed by atoms with Gasteiger partial charge in [0, 0.05) is 12.2 Å². The van der Waals surface area contributed by atoms with Crippen LogP contribution in [0.15, 0.2) is 54.6 Å². The first-order chi connectivity index (χ1) is 12.3. The van der Waals surface area contributed by atoms with Crippen LogP contribution >= 0.6 is 0 Å². The molecule has 1 atom stereocenters. The lowest BCUT2D eigenvalue weighted by Crippen LogP contribution is -2.37. The number of amides is 1. The van der Waals surface area contributed by atoms with Gasteiger partial charge < -0.3 is 15.4 Å². The lowest BCUT2D eigenvalue weighted by Gasteiger charge is -2.22. The number of ether oxygens (including phenoxy) is 1. The van der Waals surface area contributed by atoms with Crippen LogP contribution in [0.3, 0.4) is 0 Å². The Bertz CT molecular complexity index is 667. The lowest BCUT2D eigenvalue weighted by molar-refractivity contribution is -0.120. The van der Waals surface area contributed by atoms with Crippen LogP contribution in [0.5, 0.6) is 0 Å². The first-order valence-corrected chi connectivity index (χ1v) is 9.03. The molecule has 0 aromatic heterocycles. The van der Waals surface area contributed by atoms with Gasteiger partial charge >= 0.3 is 0 Å². The summed E-state index contributed by atoms with van der Waals surface area (Å²) in [5.41, 5.74) is 3.21. The van der Waals surface area contributed by atoms with E-state index in [2.05, 4.69) is 22.8 Å². The van der Waals surface area contributed by atoms with E-state index in [9.17, 15) is 4.79 Å². The van der Waals surface area contributed by atoms with Gasteiger partial charge in [0.15, 0.2) is 0 Å². The van der Waals surface area contributed by atoms with Crippen LogP contribution in [0, 0.1) is 5.92 Å². The summed E-state index contributed by atoms with van der Waals surface area (Å²) in [6, 6.07) is 18.3. The number of anilines is 1. The molecule has 0 aliphatic carbocycles. The average molecular weight is 338 g/mol. The van der Waals surface area contributed by atoms with E-state index >= 15 is 0 Å². The molecule has 1 aliphatic heterocycles. The first-order valence-electron chi connectivity index (χ1n) is 9.03. The molecule has 4 heteroatoms. The highest BCUT2D eigenvalue weighted by Gasteiger charge is 2.20. The molecule has 1 fully saturated rings. The van der Waals surface area contributed by atoms with Crippen molar-refractivity contribution in [1.82, 2.24) is 5.32 Å². The molecule has 0 radical (unpaired) electrons. The van der Waals surface area contributed by atoms with Crippen LogP contribution in [0.4, 0.5) is 5.69 Å². The van der Waals surface area contributed by atoms with E-state index < -0.39 is 0 Å². The fraction of sp³-hybridized carbons (Fsp3) is 0.381. The summed E-state index contributed by atoms with van der Waals surface area (Å²) in [6.45, 7) is 3.03. The number of rotatable bonds is 7. The zero-order valence-corrected chi connectivity index (χ0v) is 14.5. The summed E-state index contributed by atoms with van der Waals surface area (Å²) < 4.78 is 5.78. The minimum absolute atomic E-state index is 0.0690. The Hall–Kier alpha value is -2.17. The van der Waals surface area contributed by atoms with Crippen molar-refractivity contribution >= 4 is 11.6 Å². The molecule has 1 amide bonds. The maximum absolute atomic E-state index is 12.3. The van der Waals surface area contributed by atoms with E-state index in [1.807, 2.05) is 42.5 Å². The molecule has 2 N–H and O–H groups in total. The quantitative estimate of drug-likeness (QED) is 0.761. The topological polar surface area (TPSA) is 50.4 Å². The van der Waals surface area contributed by atoms with Gasteiger partial charge in [-0.3, -0.25) is 4.79 Å². The van der Waals surface area contributed by atoms with Crippen molar-refractivity contribution in [3.8, 4) is 0 Å². The smallest absolute Gasteiger partial charge is 0.228 e. The molecule has 0 bridgehead atoms. The number of carbonyl (C=O) groups is 1. The molecule has 1 unspecified atom stereocenters. The van der Waals surface area contributed by atoms with E-state index in [1.54, 1.807) is 0 Å². The molecule has 1 heterocycles. The average Bonchev–Trinajstić information content (AvgIpc) is 2.67. The van der Waals surface area contributed by atoms with Gasteiger partial charge in [-0.15, -0.1) is 0 Å². The van der Waals surface area contributed by atoms with Crippen LogP contribution in [-0.2, 0) is 22.6 Å². The summed E-state index contributed by atoms with van der Waals surface area (Å²) in [4.78, 5) is 12.3. The van der Waals surface area contributed by atoms with Crippen LogP contribution in [0.1, 0.15) is 24.0 Å². The predicted molar refractivity (Wildman–Crippen MR) is 100 cm³/mol. The second-order valence-corrected chi connectivity index (χ2v) is 6.52. The Morgan fingerprint density at radius 1 is 1.12 bits per heavy atom. The maximum atomic E-state index is 12.3. The highest BCUT2D eigenvalue weighted by molar-refractivity contribution is 5.92. The molecular weight excluding hydrogens is 312 g/mol. The summed E-state index contributed by atoms with van der Waals surface area (Å²) in [5.74, 6) is 0.175. The minimum Gasteiger partial charge on any atom is -0.376 e. The molecule has 1 aliphatic rings. The largest absolute Gasteiger partial charge is 0.376 e. The van der Waals surface area contributed by atoms with Crippen molar-refractivity contribution in [3.63, 3.8) is 0 Å². The molecule has 4 nitrogen and oxygen atoms in total. The highest BCUT2D eigenvalue weighted by Crippen LogP contribution is 2.16. The van der Waals surface area contributed by atoms with Crippen molar-refractivity contribution in [2.75, 3.05) is 25.0 Å². The Labute approximate surface area is 149 Å². The third kappa shape index (κ3) is 5.69. The van der Waals surface area contributed by atoms with E-state index in [-0.39, 0.29) is 11.8 Å². The van der Waals surface area contributed by atoms with Gasteiger partial charge in [0.1, 0.15) is 0 Å². The van der Waals surface area contributed by atoms with Crippen molar-refractivity contribution in [1.29, 1.82) is 0 Å². The second kappa shape index (κ2) is 9.35. The Morgan fingerprint density at radius 2 is 1.96 bits per heavy atom. The minimum atomic E-state index is 0.0690. The van der Waals surface area contributed by atoms with Gasteiger partial charge in [0.2, 0.25) is 5.91 Å². The van der Waals surface area contributed by atoms with Crippen molar-refractivity contribution < 1.29 is 9.53 Å². The summed E-state index contributed by atoms with van der Waals surface area (Å²) in [5, 5.41) is 6.31. The van der Waals surface area contributed by atoms with Crippen molar-refractivity contribution in [2.24, 2.45) is 5.92 Å². The molecule has 132 valence electrons. The molecular formula is C21H26N2O2. The van der Waals surface area contributed by atoms with E-state index in [1.165, 1.54) is 5.56 Å². The SMILES string of the molecule is O=C(Nc1cccc(COCCc2ccccc2)c1)C1CCCNC1. The Balaban J connectivity index is 1.45. The zero-order chi connectivity index (χ0) is 17.3. The molecule has 25 heavy (non-hydrogen) atoms. The van der Waals surface area contributed by atoms with E-state index in [4.69, 9.17) is 4.74 Å². The van der Waals surface area contributed by atoms with E-state index in [0.717, 1.165) is 43.6 Å². The number of piperidine rings is 1. The fourth-order valence-electron chi connectivity index (χ4n) is 3.08. The number of hydrogen-bond donors (Lipinski definition) is 2. The van der Waals surface area contributed by atoms with Gasteiger partial charge in [-0.25, -0.2) is 0 Å². The molecule has 1 saturated heterocycles. The summed E-state index contributed by atoms with van der Waals surface area (Å²) in [6.07, 6.45) is 2.93. The second-order valence-electron chi connectivity index (χ2n) is 6.52. The third-order valence-electron chi connectivity index (χ3n) is 4.51. The number of carbonyl (C=O) groups excluding carboxylic acids is 1. The normalized spacial score (nSPS) is 17.2. The van der Waals surface area contributed by atoms with Crippen LogP contribution in [-0.4, -0.2) is 25.6 Å². The fourth-order valence-corrected chi connectivity index (χ4v) is 3.08. The van der Waals surface area contributed by atoms with Gasteiger partial charge in [-0.1, -0.05) is 42.5 Å². The molecule has 0 spiro atoms. The Morgan fingerprint density at radius 3 is 2.76 bits per heavy atom. The maximum Gasteiger partial charge on any atom is 0.228 e. The van der Waals surface area contributed by atoms with Crippen LogP contribution in [0.2, 0.25) is 0 Å². The monoisotopic (exact) mass is 338 g/mol. The van der Waals surface area contributed by atoms with Crippen molar-refractivity contribution in [3.05, 3.63) is 65.7 Å². The molecule has 3 rings (SSSR count). The van der Waals surface area contributed by atoms with Gasteiger partial charge in [0.05, 0.1) is 19.1 Å². The summed E-state index contributed by atoms with van der Waals surface area (Å²) in [7, 11) is 0. The molecule has 2 aromatic carbocycles. The van der Waals surface area contributed by atoms with Crippen LogP contribution < -0.4 is 10.6 Å². The molecule has 0 saturated carbocycles. The number of hydrogen-bond acceptors (Lipinski definition) is 3. The van der Waals surface area contributed by atoms with Gasteiger partial charge in [-0.05, 0) is 49.1 Å².